The van der Waals surface area contributed by atoms with Crippen LogP contribution in [-0.4, -0.2) is 44.7 Å². The maximum absolute atomic E-state index is 12.4. The lowest BCUT2D eigenvalue weighted by atomic mass is 9.99. The van der Waals surface area contributed by atoms with Crippen LogP contribution < -0.4 is 5.32 Å². The Kier molecular flexibility index (Phi) is 5.83. The summed E-state index contributed by atoms with van der Waals surface area (Å²) in [6, 6.07) is 8.55. The van der Waals surface area contributed by atoms with Gasteiger partial charge >= 0.3 is 6.03 Å². The second-order valence-corrected chi connectivity index (χ2v) is 7.79. The number of carbonyl (C=O) groups excluding carboxylic acids is 1. The molecule has 22 heavy (non-hydrogen) atoms. The van der Waals surface area contributed by atoms with Gasteiger partial charge in [-0.05, 0) is 37.3 Å². The first-order valence-electron chi connectivity index (χ1n) is 7.83. The molecular formula is C16H24N2O3S. The predicted molar refractivity (Wildman–Crippen MR) is 86.5 cm³/mol. The van der Waals surface area contributed by atoms with E-state index in [-0.39, 0.29) is 17.7 Å². The lowest BCUT2D eigenvalue weighted by molar-refractivity contribution is 0.174. The summed E-state index contributed by atoms with van der Waals surface area (Å²) in [5, 5.41) is 2.86. The van der Waals surface area contributed by atoms with Crippen molar-refractivity contribution in [1.82, 2.24) is 10.2 Å². The molecule has 0 aromatic heterocycles. The van der Waals surface area contributed by atoms with Gasteiger partial charge in [0.2, 0.25) is 0 Å². The summed E-state index contributed by atoms with van der Waals surface area (Å²) < 4.78 is 24.7. The minimum absolute atomic E-state index is 0.0359. The van der Waals surface area contributed by atoms with Crippen LogP contribution in [0.1, 0.15) is 26.2 Å². The van der Waals surface area contributed by atoms with Crippen LogP contribution in [0.2, 0.25) is 0 Å². The fraction of sp³-hybridized carbons (Fsp3) is 0.562. The largest absolute Gasteiger partial charge is 0.338 e. The average molecular weight is 324 g/mol. The lowest BCUT2D eigenvalue weighted by Crippen LogP contribution is -2.45. The fourth-order valence-corrected chi connectivity index (χ4v) is 4.40. The summed E-state index contributed by atoms with van der Waals surface area (Å²) in [5.74, 6) is 0.293. The second kappa shape index (κ2) is 7.63. The van der Waals surface area contributed by atoms with Crippen LogP contribution in [0.4, 0.5) is 4.79 Å². The molecule has 2 rings (SSSR count). The molecule has 1 aliphatic heterocycles. The van der Waals surface area contributed by atoms with Crippen LogP contribution in [0.25, 0.3) is 0 Å². The van der Waals surface area contributed by atoms with E-state index in [9.17, 15) is 13.2 Å². The highest BCUT2D eigenvalue weighted by Crippen LogP contribution is 2.22. The lowest BCUT2D eigenvalue weighted by Gasteiger charge is -2.31. The first-order valence-corrected chi connectivity index (χ1v) is 9.48. The van der Waals surface area contributed by atoms with Gasteiger partial charge in [0, 0.05) is 19.6 Å². The van der Waals surface area contributed by atoms with Crippen LogP contribution in [0.5, 0.6) is 0 Å². The van der Waals surface area contributed by atoms with E-state index in [2.05, 4.69) is 5.32 Å². The third kappa shape index (κ3) is 4.47. The number of likely N-dealkylation sites (tertiary alicyclic amines) is 1. The molecule has 1 aromatic carbocycles. The van der Waals surface area contributed by atoms with Gasteiger partial charge in [-0.2, -0.15) is 0 Å². The molecular weight excluding hydrogens is 300 g/mol. The molecule has 1 fully saturated rings. The van der Waals surface area contributed by atoms with E-state index in [0.717, 1.165) is 19.3 Å². The Morgan fingerprint density at radius 1 is 1.23 bits per heavy atom. The number of carbonyl (C=O) groups is 1. The number of nitrogens with one attached hydrogen (secondary N) is 1. The van der Waals surface area contributed by atoms with Crippen molar-refractivity contribution in [1.29, 1.82) is 0 Å². The molecule has 1 aliphatic rings. The topological polar surface area (TPSA) is 66.5 Å². The van der Waals surface area contributed by atoms with Crippen LogP contribution in [0.3, 0.4) is 0 Å². The number of rotatable bonds is 5. The number of sulfone groups is 1. The number of benzene rings is 1. The van der Waals surface area contributed by atoms with Crippen molar-refractivity contribution in [2.45, 2.75) is 31.1 Å². The number of hydrogen-bond acceptors (Lipinski definition) is 3. The Bertz CT molecular complexity index is 579. The molecule has 0 atom stereocenters. The van der Waals surface area contributed by atoms with Crippen LogP contribution in [0.15, 0.2) is 35.2 Å². The zero-order valence-electron chi connectivity index (χ0n) is 13.0. The highest BCUT2D eigenvalue weighted by atomic mass is 32.2. The minimum Gasteiger partial charge on any atom is -0.338 e. The first kappa shape index (κ1) is 16.8. The molecule has 1 heterocycles. The quantitative estimate of drug-likeness (QED) is 0.903. The number of nitrogens with zero attached hydrogens (tertiary/aromatic N) is 1. The molecule has 0 spiro atoms. The van der Waals surface area contributed by atoms with Gasteiger partial charge in [-0.25, -0.2) is 13.2 Å². The van der Waals surface area contributed by atoms with E-state index in [4.69, 9.17) is 0 Å². The molecule has 0 bridgehead atoms. The van der Waals surface area contributed by atoms with Crippen molar-refractivity contribution >= 4 is 15.9 Å². The third-order valence-electron chi connectivity index (χ3n) is 3.99. The molecule has 2 amide bonds. The Balaban J connectivity index is 1.86. The highest BCUT2D eigenvalue weighted by Gasteiger charge is 2.27. The van der Waals surface area contributed by atoms with E-state index in [1.807, 2.05) is 13.0 Å². The van der Waals surface area contributed by atoms with Gasteiger partial charge in [0.25, 0.3) is 0 Å². The standard InChI is InChI=1S/C16H24N2O3S/c1-2-10-17-16(19)18-11-8-14(9-12-18)13-22(20,21)15-6-4-3-5-7-15/h3-7,14H,2,8-13H2,1H3,(H,17,19). The summed E-state index contributed by atoms with van der Waals surface area (Å²) in [5.41, 5.74) is 0. The first-order chi connectivity index (χ1) is 10.5. The Morgan fingerprint density at radius 2 is 1.86 bits per heavy atom. The molecule has 1 N–H and O–H groups in total. The van der Waals surface area contributed by atoms with Crippen LogP contribution in [0, 0.1) is 5.92 Å². The Hall–Kier alpha value is -1.56. The van der Waals surface area contributed by atoms with E-state index >= 15 is 0 Å². The molecule has 0 unspecified atom stereocenters. The van der Waals surface area contributed by atoms with Crippen molar-refractivity contribution in [3.63, 3.8) is 0 Å². The van der Waals surface area contributed by atoms with Gasteiger partial charge in [-0.3, -0.25) is 0 Å². The minimum atomic E-state index is -3.23. The molecule has 6 heteroatoms. The maximum Gasteiger partial charge on any atom is 0.317 e. The molecule has 122 valence electrons. The van der Waals surface area contributed by atoms with Crippen molar-refractivity contribution in [3.8, 4) is 0 Å². The van der Waals surface area contributed by atoms with E-state index < -0.39 is 9.84 Å². The van der Waals surface area contributed by atoms with E-state index in [1.165, 1.54) is 0 Å². The normalized spacial score (nSPS) is 16.5. The third-order valence-corrected chi connectivity index (χ3v) is 5.89. The molecule has 0 saturated carbocycles. The van der Waals surface area contributed by atoms with Gasteiger partial charge in [-0.15, -0.1) is 0 Å². The summed E-state index contributed by atoms with van der Waals surface area (Å²) in [7, 11) is -3.23. The number of amides is 2. The fourth-order valence-electron chi connectivity index (χ4n) is 2.68. The molecule has 1 aromatic rings. The summed E-state index contributed by atoms with van der Waals surface area (Å²) in [4.78, 5) is 14.0. The van der Waals surface area contributed by atoms with Crippen molar-refractivity contribution in [2.24, 2.45) is 5.92 Å². The zero-order chi connectivity index (χ0) is 16.0. The zero-order valence-corrected chi connectivity index (χ0v) is 13.8. The van der Waals surface area contributed by atoms with Gasteiger partial charge in [-0.1, -0.05) is 25.1 Å². The van der Waals surface area contributed by atoms with Crippen LogP contribution in [-0.2, 0) is 9.84 Å². The summed E-state index contributed by atoms with van der Waals surface area (Å²) in [6.45, 7) is 3.96. The van der Waals surface area contributed by atoms with E-state index in [1.54, 1.807) is 29.2 Å². The monoisotopic (exact) mass is 324 g/mol. The van der Waals surface area contributed by atoms with Gasteiger partial charge in [0.15, 0.2) is 9.84 Å². The molecule has 0 aliphatic carbocycles. The molecule has 0 radical (unpaired) electrons. The smallest absolute Gasteiger partial charge is 0.317 e. The summed E-state index contributed by atoms with van der Waals surface area (Å²) in [6.07, 6.45) is 2.40. The van der Waals surface area contributed by atoms with E-state index in [0.29, 0.717) is 24.5 Å². The molecule has 5 nitrogen and oxygen atoms in total. The second-order valence-electron chi connectivity index (χ2n) is 5.76. The molecule has 1 saturated heterocycles. The van der Waals surface area contributed by atoms with Gasteiger partial charge < -0.3 is 10.2 Å². The average Bonchev–Trinajstić information content (AvgIpc) is 2.54. The Morgan fingerprint density at radius 3 is 2.45 bits per heavy atom. The summed E-state index contributed by atoms with van der Waals surface area (Å²) >= 11 is 0. The van der Waals surface area contributed by atoms with Gasteiger partial charge in [0.05, 0.1) is 10.6 Å². The SMILES string of the molecule is CCCNC(=O)N1CCC(CS(=O)(=O)c2ccccc2)CC1. The van der Waals surface area contributed by atoms with Crippen LogP contribution >= 0.6 is 0 Å². The number of urea groups is 1. The Labute approximate surface area is 132 Å². The van der Waals surface area contributed by atoms with Gasteiger partial charge in [0.1, 0.15) is 0 Å². The maximum atomic E-state index is 12.4. The predicted octanol–water partition coefficient (Wildman–Crippen LogP) is 2.29. The van der Waals surface area contributed by atoms with Crippen molar-refractivity contribution in [3.05, 3.63) is 30.3 Å². The van der Waals surface area contributed by atoms with Crippen molar-refractivity contribution < 1.29 is 13.2 Å². The van der Waals surface area contributed by atoms with Crippen molar-refractivity contribution in [2.75, 3.05) is 25.4 Å². The number of hydrogen-bond donors (Lipinski definition) is 1. The number of piperidine rings is 1. The highest BCUT2D eigenvalue weighted by molar-refractivity contribution is 7.91.